The van der Waals surface area contributed by atoms with Crippen molar-refractivity contribution in [1.29, 1.82) is 0 Å². The zero-order valence-electron chi connectivity index (χ0n) is 11.8. The Hall–Kier alpha value is -3.18. The Morgan fingerprint density at radius 3 is 1.15 bits per heavy atom. The van der Waals surface area contributed by atoms with Gasteiger partial charge in [-0.25, -0.2) is 54.5 Å². The van der Waals surface area contributed by atoms with Gasteiger partial charge in [0.05, 0.1) is 0 Å². The predicted molar refractivity (Wildman–Crippen MR) is 63.4 cm³/mol. The van der Waals surface area contributed by atoms with Crippen molar-refractivity contribution in [3.05, 3.63) is 69.8 Å². The number of carbonyl (C=O) groups is 2. The lowest BCUT2D eigenvalue weighted by Gasteiger charge is -2.07. The summed E-state index contributed by atoms with van der Waals surface area (Å²) in [6.45, 7) is 0. The van der Waals surface area contributed by atoms with Crippen LogP contribution in [0.2, 0.25) is 0 Å². The van der Waals surface area contributed by atoms with E-state index in [9.17, 15) is 44.7 Å². The molecule has 4 nitrogen and oxygen atoms in total. The van der Waals surface area contributed by atoms with E-state index in [1.807, 2.05) is 0 Å². The largest absolute Gasteiger partial charge is 0.389 e. The van der Waals surface area contributed by atoms with E-state index >= 15 is 0 Å². The number of benzene rings is 2. The molecule has 0 heterocycles. The van der Waals surface area contributed by atoms with Crippen molar-refractivity contribution in [2.24, 2.45) is 0 Å². The van der Waals surface area contributed by atoms with Gasteiger partial charge in [0.15, 0.2) is 46.5 Å². The molecule has 0 unspecified atom stereocenters. The maximum Gasteiger partial charge on any atom is 0.389 e. The summed E-state index contributed by atoms with van der Waals surface area (Å²) >= 11 is 0. The Morgan fingerprint density at radius 2 is 0.846 bits per heavy atom. The van der Waals surface area contributed by atoms with Crippen LogP contribution < -0.4 is 0 Å². The molecule has 0 atom stereocenters. The molecule has 138 valence electrons. The molecular weight excluding hydrogens is 384 g/mol. The lowest BCUT2D eigenvalue weighted by molar-refractivity contribution is -0.188. The summed E-state index contributed by atoms with van der Waals surface area (Å²) in [7, 11) is 0. The van der Waals surface area contributed by atoms with Gasteiger partial charge in [-0.1, -0.05) is 0 Å². The minimum atomic E-state index is -2.38. The van der Waals surface area contributed by atoms with Crippen molar-refractivity contribution in [2.75, 3.05) is 0 Å². The molecule has 0 aliphatic heterocycles. The molecule has 0 N–H and O–H groups in total. The van der Waals surface area contributed by atoms with E-state index in [-0.39, 0.29) is 12.1 Å². The van der Waals surface area contributed by atoms with E-state index in [0.717, 1.165) is 0 Å². The molecule has 0 aliphatic carbocycles. The summed E-state index contributed by atoms with van der Waals surface area (Å²) in [5, 5.41) is 0. The van der Waals surface area contributed by atoms with Crippen LogP contribution in [-0.2, 0) is 9.78 Å². The first kappa shape index (κ1) is 19.1. The van der Waals surface area contributed by atoms with E-state index < -0.39 is 69.6 Å². The fraction of sp³-hybridized carbons (Fsp3) is 0. The Kier molecular flexibility index (Phi) is 5.14. The van der Waals surface area contributed by atoms with Crippen LogP contribution in [0.5, 0.6) is 0 Å². The normalized spacial score (nSPS) is 10.6. The third-order valence-electron chi connectivity index (χ3n) is 2.84. The fourth-order valence-corrected chi connectivity index (χ4v) is 1.61. The van der Waals surface area contributed by atoms with E-state index in [4.69, 9.17) is 0 Å². The zero-order valence-corrected chi connectivity index (χ0v) is 11.8. The molecule has 0 bridgehead atoms. The molecule has 2 aromatic carbocycles. The van der Waals surface area contributed by atoms with Crippen LogP contribution in [-0.4, -0.2) is 11.9 Å². The fourth-order valence-electron chi connectivity index (χ4n) is 1.61. The minimum absolute atomic E-state index is 0.137. The third-order valence-corrected chi connectivity index (χ3v) is 2.84. The number of hydrogen-bond donors (Lipinski definition) is 0. The molecule has 0 saturated heterocycles. The van der Waals surface area contributed by atoms with E-state index in [1.54, 1.807) is 0 Å². The lowest BCUT2D eigenvalue weighted by Crippen LogP contribution is -2.16. The van der Waals surface area contributed by atoms with Crippen LogP contribution in [0.15, 0.2) is 12.1 Å². The summed E-state index contributed by atoms with van der Waals surface area (Å²) < 4.78 is 104. The molecule has 26 heavy (non-hydrogen) atoms. The molecule has 0 amide bonds. The molecule has 0 saturated carbocycles. The Labute approximate surface area is 137 Å². The van der Waals surface area contributed by atoms with Gasteiger partial charge < -0.3 is 0 Å². The standard InChI is InChI=1S/C14H2F8O4/c15-5-1-3(7(17)11(21)9(5)19)13(23)25-26-14(24)4-2-6(16)10(20)12(22)8(4)18/h1-2H. The summed E-state index contributed by atoms with van der Waals surface area (Å²) in [5.41, 5.74) is -3.10. The van der Waals surface area contributed by atoms with Gasteiger partial charge in [0.25, 0.3) is 0 Å². The molecule has 0 fully saturated rings. The van der Waals surface area contributed by atoms with Crippen molar-refractivity contribution < 1.29 is 54.5 Å². The van der Waals surface area contributed by atoms with Gasteiger partial charge in [0, 0.05) is 0 Å². The van der Waals surface area contributed by atoms with Crippen LogP contribution in [0.4, 0.5) is 35.1 Å². The van der Waals surface area contributed by atoms with Crippen LogP contribution in [0.3, 0.4) is 0 Å². The number of carbonyl (C=O) groups excluding carboxylic acids is 2. The highest BCUT2D eigenvalue weighted by Gasteiger charge is 2.28. The van der Waals surface area contributed by atoms with Crippen LogP contribution in [0, 0.1) is 46.5 Å². The highest BCUT2D eigenvalue weighted by atomic mass is 19.2. The first-order valence-corrected chi connectivity index (χ1v) is 6.15. The quantitative estimate of drug-likeness (QED) is 0.260. The van der Waals surface area contributed by atoms with Crippen molar-refractivity contribution in [3.8, 4) is 0 Å². The van der Waals surface area contributed by atoms with Crippen LogP contribution in [0.1, 0.15) is 20.7 Å². The summed E-state index contributed by atoms with van der Waals surface area (Å²) in [6.07, 6.45) is 0. The second-order valence-electron chi connectivity index (χ2n) is 4.44. The Bertz CT molecular complexity index is 853. The second kappa shape index (κ2) is 6.98. The molecule has 12 heteroatoms. The Morgan fingerprint density at radius 1 is 0.538 bits per heavy atom. The van der Waals surface area contributed by atoms with Crippen molar-refractivity contribution >= 4 is 11.9 Å². The molecule has 2 rings (SSSR count). The maximum atomic E-state index is 13.3. The maximum absolute atomic E-state index is 13.3. The first-order valence-electron chi connectivity index (χ1n) is 6.15. The van der Waals surface area contributed by atoms with Gasteiger partial charge in [0.1, 0.15) is 11.1 Å². The topological polar surface area (TPSA) is 52.6 Å². The summed E-state index contributed by atoms with van der Waals surface area (Å²) in [6, 6.07) is -0.274. The average Bonchev–Trinajstić information content (AvgIpc) is 2.61. The monoisotopic (exact) mass is 386 g/mol. The molecule has 0 spiro atoms. The van der Waals surface area contributed by atoms with Gasteiger partial charge in [0.2, 0.25) is 0 Å². The summed E-state index contributed by atoms with van der Waals surface area (Å²) in [4.78, 5) is 30.1. The molecule has 0 radical (unpaired) electrons. The molecular formula is C14H2F8O4. The van der Waals surface area contributed by atoms with Gasteiger partial charge in [-0.05, 0) is 12.1 Å². The van der Waals surface area contributed by atoms with Crippen molar-refractivity contribution in [1.82, 2.24) is 0 Å². The van der Waals surface area contributed by atoms with Gasteiger partial charge >= 0.3 is 11.9 Å². The number of halogens is 8. The Balaban J connectivity index is 2.22. The molecule has 0 aliphatic rings. The lowest BCUT2D eigenvalue weighted by atomic mass is 10.2. The highest BCUT2D eigenvalue weighted by molar-refractivity contribution is 5.92. The van der Waals surface area contributed by atoms with Crippen molar-refractivity contribution in [2.45, 2.75) is 0 Å². The van der Waals surface area contributed by atoms with E-state index in [2.05, 4.69) is 9.78 Å². The van der Waals surface area contributed by atoms with Gasteiger partial charge in [-0.15, -0.1) is 0 Å². The molecule has 0 aromatic heterocycles. The second-order valence-corrected chi connectivity index (χ2v) is 4.44. The smallest absolute Gasteiger partial charge is 0.241 e. The predicted octanol–water partition coefficient (Wildman–Crippen LogP) is 3.73. The highest BCUT2D eigenvalue weighted by Crippen LogP contribution is 2.21. The van der Waals surface area contributed by atoms with Gasteiger partial charge in [-0.2, -0.15) is 0 Å². The zero-order chi connectivity index (χ0) is 19.8. The van der Waals surface area contributed by atoms with E-state index in [1.165, 1.54) is 0 Å². The first-order chi connectivity index (χ1) is 12.1. The van der Waals surface area contributed by atoms with E-state index in [0.29, 0.717) is 0 Å². The van der Waals surface area contributed by atoms with Crippen molar-refractivity contribution in [3.63, 3.8) is 0 Å². The average molecular weight is 386 g/mol. The van der Waals surface area contributed by atoms with Crippen LogP contribution >= 0.6 is 0 Å². The number of hydrogen-bond acceptors (Lipinski definition) is 4. The van der Waals surface area contributed by atoms with Gasteiger partial charge in [-0.3, -0.25) is 0 Å². The minimum Gasteiger partial charge on any atom is -0.241 e. The molecule has 2 aromatic rings. The summed E-state index contributed by atoms with van der Waals surface area (Å²) in [5.74, 6) is -21.8. The third kappa shape index (κ3) is 3.30. The number of rotatable bonds is 2. The SMILES string of the molecule is O=C(OOC(=O)c1cc(F)c(F)c(F)c1F)c1cc(F)c(F)c(F)c1F. The van der Waals surface area contributed by atoms with Crippen LogP contribution in [0.25, 0.3) is 0 Å².